The third-order valence-electron chi connectivity index (χ3n) is 7.69. The van der Waals surface area contributed by atoms with Crippen molar-refractivity contribution in [1.29, 1.82) is 0 Å². The van der Waals surface area contributed by atoms with E-state index in [0.717, 1.165) is 22.8 Å². The predicted molar refractivity (Wildman–Crippen MR) is 147 cm³/mol. The molecule has 41 heavy (non-hydrogen) atoms. The molecule has 2 heterocycles. The average Bonchev–Trinajstić information content (AvgIpc) is 3.77. The molecule has 8 nitrogen and oxygen atoms in total. The molecule has 1 saturated carbocycles. The van der Waals surface area contributed by atoms with Crippen molar-refractivity contribution in [3.8, 4) is 22.6 Å². The van der Waals surface area contributed by atoms with E-state index in [1.807, 2.05) is 48.2 Å². The lowest BCUT2D eigenvalue weighted by Crippen LogP contribution is -2.51. The molecule has 2 aliphatic rings. The van der Waals surface area contributed by atoms with E-state index in [-0.39, 0.29) is 11.4 Å². The number of alkyl halides is 3. The number of nitrogens with one attached hydrogen (secondary N) is 1. The molecule has 0 bridgehead atoms. The van der Waals surface area contributed by atoms with E-state index < -0.39 is 29.1 Å². The number of fused-ring (bicyclic) bond motifs is 1. The van der Waals surface area contributed by atoms with Crippen LogP contribution in [-0.4, -0.2) is 58.6 Å². The number of halogens is 3. The number of nitrogens with zero attached hydrogens (tertiary/aromatic N) is 3. The topological polar surface area (TPSA) is 85.7 Å². The smallest absolute Gasteiger partial charge is 0.404 e. The van der Waals surface area contributed by atoms with Gasteiger partial charge in [-0.2, -0.15) is 0 Å². The monoisotopic (exact) mass is 564 g/mol. The number of aryl methyl sites for hydroxylation is 1. The van der Waals surface area contributed by atoms with E-state index in [9.17, 15) is 22.8 Å². The maximum Gasteiger partial charge on any atom is 0.573 e. The predicted octanol–water partition coefficient (Wildman–Crippen LogP) is 5.06. The molecule has 1 amide bonds. The molecule has 4 aromatic rings. The minimum atomic E-state index is -4.97. The van der Waals surface area contributed by atoms with Crippen molar-refractivity contribution in [1.82, 2.24) is 14.5 Å². The van der Waals surface area contributed by atoms with Crippen LogP contribution in [0.3, 0.4) is 0 Å². The van der Waals surface area contributed by atoms with Crippen molar-refractivity contribution in [2.45, 2.75) is 31.7 Å². The molecular formula is C30H27F3N4O4. The lowest BCUT2D eigenvalue weighted by molar-refractivity contribution is -0.274. The van der Waals surface area contributed by atoms with Gasteiger partial charge >= 0.3 is 6.36 Å². The van der Waals surface area contributed by atoms with Crippen LogP contribution >= 0.6 is 0 Å². The van der Waals surface area contributed by atoms with Crippen LogP contribution in [0.25, 0.3) is 27.7 Å². The Morgan fingerprint density at radius 1 is 1.05 bits per heavy atom. The molecule has 6 rings (SSSR count). The van der Waals surface area contributed by atoms with Gasteiger partial charge in [0.15, 0.2) is 5.75 Å². The number of amides is 1. The van der Waals surface area contributed by atoms with Crippen molar-refractivity contribution in [3.63, 3.8) is 0 Å². The number of benzene rings is 3. The molecule has 0 spiro atoms. The minimum Gasteiger partial charge on any atom is -0.404 e. The van der Waals surface area contributed by atoms with Gasteiger partial charge in [0.05, 0.1) is 35.5 Å². The summed E-state index contributed by atoms with van der Waals surface area (Å²) < 4.78 is 50.5. The zero-order valence-electron chi connectivity index (χ0n) is 22.2. The van der Waals surface area contributed by atoms with Crippen molar-refractivity contribution >= 4 is 22.5 Å². The summed E-state index contributed by atoms with van der Waals surface area (Å²) in [6, 6.07) is 16.9. The minimum absolute atomic E-state index is 0.189. The number of rotatable bonds is 6. The van der Waals surface area contributed by atoms with Gasteiger partial charge in [-0.05, 0) is 66.8 Å². The molecular weight excluding hydrogens is 537 g/mol. The van der Waals surface area contributed by atoms with Crippen LogP contribution < -0.4 is 15.6 Å². The second-order valence-corrected chi connectivity index (χ2v) is 10.3. The summed E-state index contributed by atoms with van der Waals surface area (Å²) in [7, 11) is 0. The molecule has 1 aliphatic heterocycles. The van der Waals surface area contributed by atoms with Crippen LogP contribution in [0.2, 0.25) is 0 Å². The van der Waals surface area contributed by atoms with Gasteiger partial charge in [-0.3, -0.25) is 19.1 Å². The second-order valence-electron chi connectivity index (χ2n) is 10.3. The number of aromatic nitrogens is 2. The average molecular weight is 565 g/mol. The number of hydrogen-bond donors (Lipinski definition) is 1. The van der Waals surface area contributed by atoms with Crippen molar-refractivity contribution in [2.75, 3.05) is 31.6 Å². The molecule has 212 valence electrons. The van der Waals surface area contributed by atoms with Crippen LogP contribution in [0.5, 0.6) is 5.75 Å². The Morgan fingerprint density at radius 2 is 1.80 bits per heavy atom. The lowest BCUT2D eigenvalue weighted by Gasteiger charge is -2.34. The van der Waals surface area contributed by atoms with Gasteiger partial charge < -0.3 is 14.8 Å². The maximum atomic E-state index is 13.5. The summed E-state index contributed by atoms with van der Waals surface area (Å²) in [6.07, 6.45) is -2.47. The zero-order valence-corrected chi connectivity index (χ0v) is 22.2. The van der Waals surface area contributed by atoms with Crippen molar-refractivity contribution in [3.05, 3.63) is 82.9 Å². The van der Waals surface area contributed by atoms with Gasteiger partial charge in [0.25, 0.3) is 5.56 Å². The number of hydrogen-bond acceptors (Lipinski definition) is 6. The first-order chi connectivity index (χ1) is 19.6. The highest BCUT2D eigenvalue weighted by atomic mass is 19.4. The van der Waals surface area contributed by atoms with Gasteiger partial charge in [-0.1, -0.05) is 30.3 Å². The number of ether oxygens (including phenoxy) is 2. The Hall–Kier alpha value is -4.22. The summed E-state index contributed by atoms with van der Waals surface area (Å²) in [5.41, 5.74) is 2.33. The van der Waals surface area contributed by atoms with Gasteiger partial charge in [0, 0.05) is 13.1 Å². The first-order valence-corrected chi connectivity index (χ1v) is 13.3. The Bertz CT molecular complexity index is 1690. The van der Waals surface area contributed by atoms with Crippen LogP contribution in [0.15, 0.2) is 71.8 Å². The van der Waals surface area contributed by atoms with Gasteiger partial charge in [0.2, 0.25) is 5.91 Å². The second kappa shape index (κ2) is 10.3. The molecule has 2 fully saturated rings. The fraction of sp³-hybridized carbons (Fsp3) is 0.300. The van der Waals surface area contributed by atoms with E-state index in [1.165, 1.54) is 23.0 Å². The van der Waals surface area contributed by atoms with E-state index in [4.69, 9.17) is 4.74 Å². The number of anilines is 1. The summed E-state index contributed by atoms with van der Waals surface area (Å²) in [4.78, 5) is 33.3. The quantitative estimate of drug-likeness (QED) is 0.352. The van der Waals surface area contributed by atoms with Crippen LogP contribution in [-0.2, 0) is 9.53 Å². The third kappa shape index (κ3) is 5.30. The molecule has 1 aromatic heterocycles. The summed E-state index contributed by atoms with van der Waals surface area (Å²) in [5.74, 6) is -0.992. The van der Waals surface area contributed by atoms with E-state index in [1.54, 1.807) is 6.07 Å². The fourth-order valence-corrected chi connectivity index (χ4v) is 5.38. The normalized spacial score (nSPS) is 16.9. The molecule has 0 atom stereocenters. The summed E-state index contributed by atoms with van der Waals surface area (Å²) in [5, 5.41) is 2.99. The van der Waals surface area contributed by atoms with E-state index in [2.05, 4.69) is 15.0 Å². The molecule has 0 unspecified atom stereocenters. The molecule has 11 heteroatoms. The molecule has 3 aromatic carbocycles. The Labute approximate surface area is 233 Å². The number of morpholine rings is 1. The Kier molecular flexibility index (Phi) is 6.79. The Morgan fingerprint density at radius 3 is 2.51 bits per heavy atom. The summed E-state index contributed by atoms with van der Waals surface area (Å²) in [6.45, 7) is 4.08. The fourth-order valence-electron chi connectivity index (χ4n) is 5.38. The van der Waals surface area contributed by atoms with Crippen LogP contribution in [0, 0.1) is 6.92 Å². The lowest BCUT2D eigenvalue weighted by atomic mass is 10.00. The standard InChI is InChI=1S/C30H27F3N4O4/c1-19-4-2-3-5-22(19)20-6-8-23-24(16-20)34-18-37(27(23)38)21-7-9-26(41-30(31,32)33)25(17-21)35-28(39)29(10-11-29)36-12-14-40-15-13-36/h2-9,16-18H,10-15H2,1H3,(H,35,39). The van der Waals surface area contributed by atoms with Gasteiger partial charge in [-0.15, -0.1) is 13.2 Å². The third-order valence-corrected chi connectivity index (χ3v) is 7.69. The van der Waals surface area contributed by atoms with E-state index in [0.29, 0.717) is 50.0 Å². The van der Waals surface area contributed by atoms with E-state index >= 15 is 0 Å². The molecule has 0 radical (unpaired) electrons. The van der Waals surface area contributed by atoms with Crippen LogP contribution in [0.1, 0.15) is 18.4 Å². The van der Waals surface area contributed by atoms with Gasteiger partial charge in [0.1, 0.15) is 11.9 Å². The highest BCUT2D eigenvalue weighted by molar-refractivity contribution is 6.01. The zero-order chi connectivity index (χ0) is 28.8. The largest absolute Gasteiger partial charge is 0.573 e. The molecule has 1 saturated heterocycles. The first-order valence-electron chi connectivity index (χ1n) is 13.3. The summed E-state index contributed by atoms with van der Waals surface area (Å²) >= 11 is 0. The van der Waals surface area contributed by atoms with Gasteiger partial charge in [-0.25, -0.2) is 4.98 Å². The highest BCUT2D eigenvalue weighted by Gasteiger charge is 2.54. The number of carbonyl (C=O) groups excluding carboxylic acids is 1. The SMILES string of the molecule is Cc1ccccc1-c1ccc2c(=O)n(-c3ccc(OC(F)(F)F)c(NC(=O)C4(N5CCOCC5)CC4)c3)cnc2c1. The molecule has 1 N–H and O–H groups in total. The highest BCUT2D eigenvalue weighted by Crippen LogP contribution is 2.44. The van der Waals surface area contributed by atoms with Crippen LogP contribution in [0.4, 0.5) is 18.9 Å². The Balaban J connectivity index is 1.35. The number of carbonyl (C=O) groups is 1. The maximum absolute atomic E-state index is 13.5. The first kappa shape index (κ1) is 27.0. The molecule has 1 aliphatic carbocycles. The van der Waals surface area contributed by atoms with Crippen molar-refractivity contribution in [2.24, 2.45) is 0 Å². The van der Waals surface area contributed by atoms with Crippen molar-refractivity contribution < 1.29 is 27.4 Å².